The van der Waals surface area contributed by atoms with Crippen LogP contribution in [0, 0.1) is 0 Å². The van der Waals surface area contributed by atoms with E-state index in [0.717, 1.165) is 12.1 Å². The molecule has 2 aromatic rings. The van der Waals surface area contributed by atoms with E-state index in [1.165, 1.54) is 18.5 Å². The van der Waals surface area contributed by atoms with E-state index in [9.17, 15) is 13.2 Å². The van der Waals surface area contributed by atoms with Gasteiger partial charge in [0.25, 0.3) is 0 Å². The quantitative estimate of drug-likeness (QED) is 0.911. The molecule has 0 fully saturated rings. The number of hydrogen-bond acceptors (Lipinski definition) is 4. The molecule has 0 bridgehead atoms. The Morgan fingerprint density at radius 2 is 1.80 bits per heavy atom. The molecule has 106 valence electrons. The summed E-state index contributed by atoms with van der Waals surface area (Å²) in [7, 11) is 0. The van der Waals surface area contributed by atoms with E-state index in [0.29, 0.717) is 5.56 Å². The smallest absolute Gasteiger partial charge is 0.416 e. The molecular formula is C12H9ClF3N3O. The highest BCUT2D eigenvalue weighted by Crippen LogP contribution is 2.32. The number of alkyl halides is 3. The fourth-order valence-electron chi connectivity index (χ4n) is 1.51. The number of rotatable bonds is 3. The number of nitrogens with zero attached hydrogens (tertiary/aromatic N) is 2. The van der Waals surface area contributed by atoms with Gasteiger partial charge in [-0.1, -0.05) is 11.6 Å². The van der Waals surface area contributed by atoms with Crippen molar-refractivity contribution in [1.29, 1.82) is 0 Å². The molecular weight excluding hydrogens is 295 g/mol. The van der Waals surface area contributed by atoms with Crippen molar-refractivity contribution in [3.05, 3.63) is 46.7 Å². The molecule has 0 spiro atoms. The summed E-state index contributed by atoms with van der Waals surface area (Å²) in [6.07, 6.45) is -2.10. The highest BCUT2D eigenvalue weighted by Gasteiger charge is 2.31. The van der Waals surface area contributed by atoms with Crippen molar-refractivity contribution in [3.63, 3.8) is 0 Å². The maximum atomic E-state index is 12.6. The fourth-order valence-corrected chi connectivity index (χ4v) is 1.77. The number of aromatic hydroxyl groups is 1. The predicted octanol–water partition coefficient (Wildman–Crippen LogP) is 3.47. The van der Waals surface area contributed by atoms with Crippen LogP contribution in [-0.2, 0) is 12.7 Å². The number of halogens is 4. The van der Waals surface area contributed by atoms with E-state index >= 15 is 0 Å². The molecule has 0 aliphatic heterocycles. The lowest BCUT2D eigenvalue weighted by Crippen LogP contribution is -2.08. The van der Waals surface area contributed by atoms with Gasteiger partial charge in [-0.15, -0.1) is 0 Å². The largest absolute Gasteiger partial charge is 0.505 e. The zero-order valence-corrected chi connectivity index (χ0v) is 10.7. The molecule has 1 aromatic heterocycles. The van der Waals surface area contributed by atoms with E-state index in [1.54, 1.807) is 0 Å². The predicted molar refractivity (Wildman–Crippen MR) is 67.5 cm³/mol. The number of nitrogens with one attached hydrogen (secondary N) is 1. The van der Waals surface area contributed by atoms with Crippen LogP contribution in [0.4, 0.5) is 19.1 Å². The molecule has 0 saturated carbocycles. The molecule has 1 aromatic carbocycles. The van der Waals surface area contributed by atoms with Gasteiger partial charge in [0.2, 0.25) is 5.95 Å². The summed E-state index contributed by atoms with van der Waals surface area (Å²) in [6, 6.07) is 3.28. The average molecular weight is 304 g/mol. The van der Waals surface area contributed by atoms with Crippen LogP contribution in [0.5, 0.6) is 5.75 Å². The van der Waals surface area contributed by atoms with Crippen LogP contribution in [0.3, 0.4) is 0 Å². The molecule has 2 N–H and O–H groups in total. The Hall–Kier alpha value is -2.02. The Labute approximate surface area is 117 Å². The van der Waals surface area contributed by atoms with Crippen molar-refractivity contribution in [3.8, 4) is 5.75 Å². The van der Waals surface area contributed by atoms with Crippen LogP contribution in [0.15, 0.2) is 30.6 Å². The molecule has 20 heavy (non-hydrogen) atoms. The third kappa shape index (κ3) is 3.74. The first-order valence-electron chi connectivity index (χ1n) is 5.46. The minimum absolute atomic E-state index is 0.00301. The summed E-state index contributed by atoms with van der Waals surface area (Å²) >= 11 is 5.67. The van der Waals surface area contributed by atoms with Gasteiger partial charge in [-0.25, -0.2) is 9.97 Å². The van der Waals surface area contributed by atoms with Gasteiger partial charge in [0.1, 0.15) is 0 Å². The summed E-state index contributed by atoms with van der Waals surface area (Å²) in [6.45, 7) is 0.0778. The Morgan fingerprint density at radius 1 is 1.15 bits per heavy atom. The first-order valence-corrected chi connectivity index (χ1v) is 5.84. The van der Waals surface area contributed by atoms with Crippen molar-refractivity contribution in [2.75, 3.05) is 5.32 Å². The Balaban J connectivity index is 2.13. The summed E-state index contributed by atoms with van der Waals surface area (Å²) in [5, 5.41) is 11.7. The van der Waals surface area contributed by atoms with Gasteiger partial charge < -0.3 is 10.4 Å². The van der Waals surface area contributed by atoms with E-state index < -0.39 is 11.7 Å². The third-order valence-corrected chi connectivity index (χ3v) is 2.59. The third-order valence-electron chi connectivity index (χ3n) is 2.37. The molecule has 0 radical (unpaired) electrons. The zero-order chi connectivity index (χ0) is 14.8. The molecule has 0 aliphatic carbocycles. The van der Waals surface area contributed by atoms with Crippen molar-refractivity contribution in [2.24, 2.45) is 0 Å². The van der Waals surface area contributed by atoms with Crippen LogP contribution in [0.1, 0.15) is 11.1 Å². The highest BCUT2D eigenvalue weighted by molar-refractivity contribution is 6.30. The molecule has 0 saturated heterocycles. The number of anilines is 1. The number of benzene rings is 1. The minimum atomic E-state index is -4.45. The number of aromatic nitrogens is 2. The molecule has 0 aliphatic rings. The molecule has 1 heterocycles. The summed E-state index contributed by atoms with van der Waals surface area (Å²) < 4.78 is 37.9. The van der Waals surface area contributed by atoms with Gasteiger partial charge in [-0.05, 0) is 23.8 Å². The van der Waals surface area contributed by atoms with Gasteiger partial charge in [0.05, 0.1) is 18.0 Å². The average Bonchev–Trinajstić information content (AvgIpc) is 2.36. The Morgan fingerprint density at radius 3 is 2.40 bits per heavy atom. The molecule has 2 rings (SSSR count). The van der Waals surface area contributed by atoms with Crippen LogP contribution >= 0.6 is 11.6 Å². The summed E-state index contributed by atoms with van der Waals surface area (Å²) in [4.78, 5) is 7.52. The van der Waals surface area contributed by atoms with E-state index in [-0.39, 0.29) is 23.3 Å². The Bertz CT molecular complexity index is 602. The SMILES string of the molecule is Oc1cnc(NCc2cc(Cl)cc(C(F)(F)F)c2)nc1. The summed E-state index contributed by atoms with van der Waals surface area (Å²) in [5.74, 6) is 0.0917. The number of hydrogen-bond donors (Lipinski definition) is 2. The fraction of sp³-hybridized carbons (Fsp3) is 0.167. The van der Waals surface area contributed by atoms with E-state index in [4.69, 9.17) is 16.7 Å². The highest BCUT2D eigenvalue weighted by atomic mass is 35.5. The van der Waals surface area contributed by atoms with Crippen molar-refractivity contribution in [1.82, 2.24) is 9.97 Å². The zero-order valence-electron chi connectivity index (χ0n) is 9.95. The standard InChI is InChI=1S/C12H9ClF3N3O/c13-9-2-7(1-8(3-9)12(14,15)16)4-17-11-18-5-10(20)6-19-11/h1-3,5-6,20H,4H2,(H,17,18,19). The first-order chi connectivity index (χ1) is 9.34. The molecule has 0 unspecified atom stereocenters. The second-order valence-electron chi connectivity index (χ2n) is 3.96. The summed E-state index contributed by atoms with van der Waals surface area (Å²) in [5.41, 5.74) is -0.463. The second kappa shape index (κ2) is 5.54. The molecule has 8 heteroatoms. The van der Waals surface area contributed by atoms with Crippen molar-refractivity contribution < 1.29 is 18.3 Å². The van der Waals surface area contributed by atoms with Gasteiger partial charge in [0, 0.05) is 11.6 Å². The first kappa shape index (κ1) is 14.4. The van der Waals surface area contributed by atoms with E-state index in [2.05, 4.69) is 15.3 Å². The lowest BCUT2D eigenvalue weighted by atomic mass is 10.1. The molecule has 0 atom stereocenters. The Kier molecular flexibility index (Phi) is 3.99. The van der Waals surface area contributed by atoms with Crippen LogP contribution in [0.2, 0.25) is 5.02 Å². The topological polar surface area (TPSA) is 58.0 Å². The normalized spacial score (nSPS) is 11.4. The second-order valence-corrected chi connectivity index (χ2v) is 4.40. The minimum Gasteiger partial charge on any atom is -0.505 e. The lowest BCUT2D eigenvalue weighted by molar-refractivity contribution is -0.137. The van der Waals surface area contributed by atoms with Crippen molar-refractivity contribution in [2.45, 2.75) is 12.7 Å². The molecule has 4 nitrogen and oxygen atoms in total. The maximum absolute atomic E-state index is 12.6. The van der Waals surface area contributed by atoms with Gasteiger partial charge in [0.15, 0.2) is 5.75 Å². The van der Waals surface area contributed by atoms with Crippen LogP contribution in [0.25, 0.3) is 0 Å². The maximum Gasteiger partial charge on any atom is 0.416 e. The van der Waals surface area contributed by atoms with Gasteiger partial charge in [-0.2, -0.15) is 13.2 Å². The molecule has 0 amide bonds. The van der Waals surface area contributed by atoms with E-state index in [1.807, 2.05) is 0 Å². The lowest BCUT2D eigenvalue weighted by Gasteiger charge is -2.10. The van der Waals surface area contributed by atoms with Gasteiger partial charge in [-0.3, -0.25) is 0 Å². The monoisotopic (exact) mass is 303 g/mol. The van der Waals surface area contributed by atoms with Crippen LogP contribution < -0.4 is 5.32 Å². The van der Waals surface area contributed by atoms with Gasteiger partial charge >= 0.3 is 6.18 Å². The van der Waals surface area contributed by atoms with Crippen molar-refractivity contribution >= 4 is 17.5 Å². The van der Waals surface area contributed by atoms with Crippen LogP contribution in [-0.4, -0.2) is 15.1 Å².